The van der Waals surface area contributed by atoms with E-state index in [0.717, 1.165) is 7.11 Å². The van der Waals surface area contributed by atoms with Crippen molar-refractivity contribution in [3.63, 3.8) is 0 Å². The Balaban J connectivity index is 4.68. The van der Waals surface area contributed by atoms with E-state index in [9.17, 15) is 9.59 Å². The molecule has 0 spiro atoms. The molecule has 0 amide bonds. The van der Waals surface area contributed by atoms with Crippen LogP contribution >= 0.6 is 0 Å². The van der Waals surface area contributed by atoms with Gasteiger partial charge in [-0.2, -0.15) is 0 Å². The zero-order valence-corrected chi connectivity index (χ0v) is 7.58. The van der Waals surface area contributed by atoms with Gasteiger partial charge >= 0.3 is 12.1 Å². The van der Waals surface area contributed by atoms with Crippen molar-refractivity contribution in [1.29, 1.82) is 0 Å². The number of ether oxygens (including phenoxy) is 2. The Morgan fingerprint density at radius 2 is 2.00 bits per heavy atom. The maximum absolute atomic E-state index is 10.6. The molecule has 1 N–H and O–H groups in total. The van der Waals surface area contributed by atoms with Gasteiger partial charge in [-0.3, -0.25) is 0 Å². The molecule has 0 rings (SSSR count). The lowest BCUT2D eigenvalue weighted by atomic mass is 10.1. The minimum atomic E-state index is -1.85. The van der Waals surface area contributed by atoms with E-state index < -0.39 is 17.7 Å². The lowest BCUT2D eigenvalue weighted by Crippen LogP contribution is -2.38. The Bertz CT molecular complexity index is 272. The van der Waals surface area contributed by atoms with Crippen LogP contribution in [0, 0.1) is 11.8 Å². The third-order valence-corrected chi connectivity index (χ3v) is 1.23. The second kappa shape index (κ2) is 4.36. The second-order valence-electron chi connectivity index (χ2n) is 2.27. The molecule has 0 bridgehead atoms. The van der Waals surface area contributed by atoms with Gasteiger partial charge in [0.05, 0.1) is 7.11 Å². The summed E-state index contributed by atoms with van der Waals surface area (Å²) >= 11 is 0. The topological polar surface area (TPSA) is 72.8 Å². The second-order valence-corrected chi connectivity index (χ2v) is 2.27. The molecule has 0 aromatic rings. The first-order valence-corrected chi connectivity index (χ1v) is 3.40. The minimum Gasteiger partial charge on any atom is -0.478 e. The van der Waals surface area contributed by atoms with E-state index in [1.165, 1.54) is 13.8 Å². The van der Waals surface area contributed by atoms with Gasteiger partial charge in [-0.1, -0.05) is 0 Å². The van der Waals surface area contributed by atoms with Crippen LogP contribution in [-0.4, -0.2) is 29.9 Å². The number of methoxy groups -OCH3 is 1. The highest BCUT2D eigenvalue weighted by Crippen LogP contribution is 2.10. The molecule has 0 saturated carbocycles. The van der Waals surface area contributed by atoms with E-state index in [4.69, 9.17) is 5.11 Å². The van der Waals surface area contributed by atoms with Gasteiger partial charge in [0.1, 0.15) is 0 Å². The molecular formula is C8H10O5. The number of carbonyl (C=O) groups is 2. The molecule has 0 aliphatic carbocycles. The molecule has 72 valence electrons. The van der Waals surface area contributed by atoms with Gasteiger partial charge in [0.2, 0.25) is 0 Å². The fraction of sp³-hybridized carbons (Fsp3) is 0.500. The molecule has 0 aromatic carbocycles. The summed E-state index contributed by atoms with van der Waals surface area (Å²) in [5.41, 5.74) is -1.85. The predicted octanol–water partition coefficient (Wildman–Crippen LogP) is 0.636. The van der Waals surface area contributed by atoms with E-state index in [1.54, 1.807) is 0 Å². The summed E-state index contributed by atoms with van der Waals surface area (Å²) in [5, 5.41) is 8.67. The Kier molecular flexibility index (Phi) is 3.79. The van der Waals surface area contributed by atoms with Crippen molar-refractivity contribution < 1.29 is 24.2 Å². The summed E-state index contributed by atoms with van der Waals surface area (Å²) < 4.78 is 8.60. The summed E-state index contributed by atoms with van der Waals surface area (Å²) in [7, 11) is 1.09. The number of rotatable bonds is 2. The molecular weight excluding hydrogens is 176 g/mol. The maximum Gasteiger partial charge on any atom is 0.510 e. The van der Waals surface area contributed by atoms with Crippen molar-refractivity contribution in [2.45, 2.75) is 19.4 Å². The standard InChI is InChI=1S/C8H10O5/c1-4-5-8(2,6(9)10)13-7(11)12-3/h1-3H3,(H,9,10)/t8-/m1/s1. The molecule has 5 nitrogen and oxygen atoms in total. The first kappa shape index (κ1) is 11.3. The largest absolute Gasteiger partial charge is 0.510 e. The predicted molar refractivity (Wildman–Crippen MR) is 43.0 cm³/mol. The highest BCUT2D eigenvalue weighted by atomic mass is 16.7. The van der Waals surface area contributed by atoms with E-state index in [-0.39, 0.29) is 0 Å². The van der Waals surface area contributed by atoms with Crippen LogP contribution in [0.15, 0.2) is 0 Å². The van der Waals surface area contributed by atoms with Crippen LogP contribution in [0.2, 0.25) is 0 Å². The van der Waals surface area contributed by atoms with Crippen LogP contribution in [0.4, 0.5) is 4.79 Å². The van der Waals surface area contributed by atoms with E-state index in [0.29, 0.717) is 0 Å². The molecule has 0 saturated heterocycles. The number of carboxylic acids is 1. The van der Waals surface area contributed by atoms with Gasteiger partial charge in [0, 0.05) is 0 Å². The van der Waals surface area contributed by atoms with Gasteiger partial charge in [0.25, 0.3) is 5.60 Å². The van der Waals surface area contributed by atoms with Gasteiger partial charge in [-0.25, -0.2) is 9.59 Å². The van der Waals surface area contributed by atoms with Crippen molar-refractivity contribution in [2.24, 2.45) is 0 Å². The summed E-state index contributed by atoms with van der Waals surface area (Å²) in [6, 6.07) is 0. The van der Waals surface area contributed by atoms with E-state index in [2.05, 4.69) is 21.3 Å². The first-order chi connectivity index (χ1) is 5.96. The van der Waals surface area contributed by atoms with E-state index in [1.807, 2.05) is 0 Å². The zero-order chi connectivity index (χ0) is 10.5. The smallest absolute Gasteiger partial charge is 0.478 e. The first-order valence-electron chi connectivity index (χ1n) is 3.40. The van der Waals surface area contributed by atoms with Crippen LogP contribution in [0.25, 0.3) is 0 Å². The molecule has 0 aromatic heterocycles. The molecule has 0 unspecified atom stereocenters. The third-order valence-electron chi connectivity index (χ3n) is 1.23. The van der Waals surface area contributed by atoms with Crippen LogP contribution in [0.5, 0.6) is 0 Å². The van der Waals surface area contributed by atoms with Crippen LogP contribution in [-0.2, 0) is 14.3 Å². The highest BCUT2D eigenvalue weighted by Gasteiger charge is 2.36. The van der Waals surface area contributed by atoms with Gasteiger partial charge in [0.15, 0.2) is 0 Å². The third kappa shape index (κ3) is 3.03. The van der Waals surface area contributed by atoms with Gasteiger partial charge in [-0.15, -0.1) is 5.92 Å². The normalized spacial score (nSPS) is 13.2. The lowest BCUT2D eigenvalue weighted by Gasteiger charge is -2.17. The average molecular weight is 186 g/mol. The number of hydrogen-bond donors (Lipinski definition) is 1. The fourth-order valence-corrected chi connectivity index (χ4v) is 0.570. The Hall–Kier alpha value is -1.70. The fourth-order valence-electron chi connectivity index (χ4n) is 0.570. The van der Waals surface area contributed by atoms with E-state index >= 15 is 0 Å². The van der Waals surface area contributed by atoms with Gasteiger partial charge in [-0.05, 0) is 19.8 Å². The van der Waals surface area contributed by atoms with Crippen molar-refractivity contribution in [1.82, 2.24) is 0 Å². The monoisotopic (exact) mass is 186 g/mol. The molecule has 5 heteroatoms. The van der Waals surface area contributed by atoms with Crippen LogP contribution in [0.1, 0.15) is 13.8 Å². The van der Waals surface area contributed by atoms with Crippen molar-refractivity contribution in [2.75, 3.05) is 7.11 Å². The zero-order valence-electron chi connectivity index (χ0n) is 7.58. The molecule has 0 heterocycles. The molecule has 1 atom stereocenters. The van der Waals surface area contributed by atoms with Crippen LogP contribution < -0.4 is 0 Å². The number of hydrogen-bond acceptors (Lipinski definition) is 4. The minimum absolute atomic E-state index is 1.08. The molecule has 13 heavy (non-hydrogen) atoms. The van der Waals surface area contributed by atoms with Crippen molar-refractivity contribution in [3.8, 4) is 11.8 Å². The van der Waals surface area contributed by atoms with Crippen molar-refractivity contribution >= 4 is 12.1 Å². The average Bonchev–Trinajstić information content (AvgIpc) is 2.04. The summed E-state index contributed by atoms with van der Waals surface area (Å²) in [6.07, 6.45) is -1.08. The Morgan fingerprint density at radius 1 is 1.46 bits per heavy atom. The SMILES string of the molecule is CC#C[C@@](C)(OC(=O)OC)C(=O)O. The molecule has 0 radical (unpaired) electrons. The summed E-state index contributed by atoms with van der Waals surface area (Å²) in [6.45, 7) is 2.62. The number of carbonyl (C=O) groups excluding carboxylic acids is 1. The highest BCUT2D eigenvalue weighted by molar-refractivity contribution is 5.83. The lowest BCUT2D eigenvalue weighted by molar-refractivity contribution is -0.152. The quantitative estimate of drug-likeness (QED) is 0.506. The van der Waals surface area contributed by atoms with Crippen molar-refractivity contribution in [3.05, 3.63) is 0 Å². The maximum atomic E-state index is 10.6. The Morgan fingerprint density at radius 3 is 2.31 bits per heavy atom. The van der Waals surface area contributed by atoms with Gasteiger partial charge < -0.3 is 14.6 Å². The summed E-state index contributed by atoms with van der Waals surface area (Å²) in [4.78, 5) is 21.3. The summed E-state index contributed by atoms with van der Waals surface area (Å²) in [5.74, 6) is 3.27. The molecule has 0 aliphatic heterocycles. The molecule has 0 aliphatic rings. The Labute approximate surface area is 75.6 Å². The molecule has 0 fully saturated rings. The number of carboxylic acid groups (broad SMARTS) is 1. The van der Waals surface area contributed by atoms with Crippen LogP contribution in [0.3, 0.4) is 0 Å². The number of aliphatic carboxylic acids is 1.